The molecule has 0 spiro atoms. The van der Waals surface area contributed by atoms with Gasteiger partial charge in [0.25, 0.3) is 5.91 Å². The van der Waals surface area contributed by atoms with Gasteiger partial charge in [0, 0.05) is 5.69 Å². The van der Waals surface area contributed by atoms with Crippen molar-refractivity contribution in [2.45, 2.75) is 12.6 Å². The van der Waals surface area contributed by atoms with Crippen LogP contribution in [0, 0.1) is 0 Å². The number of para-hydroxylation sites is 1. The molecule has 0 aliphatic carbocycles. The molecule has 0 radical (unpaired) electrons. The highest BCUT2D eigenvalue weighted by atomic mass is 19.4. The lowest BCUT2D eigenvalue weighted by Crippen LogP contribution is -2.21. The number of halogens is 3. The maximum atomic E-state index is 12.8. The van der Waals surface area contributed by atoms with Crippen molar-refractivity contribution >= 4 is 17.5 Å². The number of nitrogens with two attached hydrogens (primary N) is 1. The molecule has 25 heavy (non-hydrogen) atoms. The number of nitrogens with one attached hydrogen (secondary N) is 1. The number of amides is 2. The summed E-state index contributed by atoms with van der Waals surface area (Å²) in [6, 6.07) is 11.0. The van der Waals surface area contributed by atoms with Crippen molar-refractivity contribution in [3.63, 3.8) is 0 Å². The third kappa shape index (κ3) is 5.52. The average molecular weight is 352 g/mol. The first kappa shape index (κ1) is 18.3. The third-order valence-corrected chi connectivity index (χ3v) is 3.17. The number of primary amides is 1. The molecule has 2 amide bonds. The minimum absolute atomic E-state index is 0.0750. The largest absolute Gasteiger partial charge is 0.483 e. The van der Waals surface area contributed by atoms with Crippen LogP contribution in [-0.2, 0) is 22.2 Å². The number of hydrogen-bond acceptors (Lipinski definition) is 3. The topological polar surface area (TPSA) is 81.4 Å². The predicted molar refractivity (Wildman–Crippen MR) is 84.9 cm³/mol. The molecule has 0 aliphatic rings. The number of carbonyl (C=O) groups excluding carboxylic acids is 2. The molecule has 2 aromatic rings. The fourth-order valence-electron chi connectivity index (χ4n) is 2.07. The van der Waals surface area contributed by atoms with Gasteiger partial charge in [0.15, 0.2) is 6.61 Å². The van der Waals surface area contributed by atoms with Crippen LogP contribution in [0.5, 0.6) is 5.75 Å². The van der Waals surface area contributed by atoms with Gasteiger partial charge in [-0.2, -0.15) is 13.2 Å². The zero-order valence-electron chi connectivity index (χ0n) is 13.0. The summed E-state index contributed by atoms with van der Waals surface area (Å²) in [6.45, 7) is -0.573. The molecule has 0 fully saturated rings. The Kier molecular flexibility index (Phi) is 5.63. The molecular weight excluding hydrogens is 337 g/mol. The Hall–Kier alpha value is -3.03. The van der Waals surface area contributed by atoms with Crippen LogP contribution in [0.25, 0.3) is 0 Å². The van der Waals surface area contributed by atoms with E-state index in [-0.39, 0.29) is 6.42 Å². The van der Waals surface area contributed by atoms with Crippen molar-refractivity contribution in [2.24, 2.45) is 5.73 Å². The molecule has 132 valence electrons. The van der Waals surface area contributed by atoms with Gasteiger partial charge in [0.05, 0.1) is 12.0 Å². The van der Waals surface area contributed by atoms with Crippen LogP contribution >= 0.6 is 0 Å². The summed E-state index contributed by atoms with van der Waals surface area (Å²) in [4.78, 5) is 22.6. The highest BCUT2D eigenvalue weighted by Crippen LogP contribution is 2.35. The minimum atomic E-state index is -4.57. The second-order valence-electron chi connectivity index (χ2n) is 5.17. The summed E-state index contributed by atoms with van der Waals surface area (Å²) in [5.41, 5.74) is 5.23. The monoisotopic (exact) mass is 352 g/mol. The van der Waals surface area contributed by atoms with Crippen molar-refractivity contribution in [1.82, 2.24) is 0 Å². The van der Waals surface area contributed by atoms with Gasteiger partial charge >= 0.3 is 6.18 Å². The summed E-state index contributed by atoms with van der Waals surface area (Å²) in [5, 5.41) is 2.49. The molecule has 2 rings (SSSR count). The van der Waals surface area contributed by atoms with Gasteiger partial charge in [-0.25, -0.2) is 0 Å². The Balaban J connectivity index is 1.94. The van der Waals surface area contributed by atoms with Gasteiger partial charge in [-0.1, -0.05) is 24.3 Å². The van der Waals surface area contributed by atoms with E-state index < -0.39 is 35.9 Å². The first-order chi connectivity index (χ1) is 11.8. The van der Waals surface area contributed by atoms with Crippen molar-refractivity contribution in [1.29, 1.82) is 0 Å². The van der Waals surface area contributed by atoms with Crippen LogP contribution in [0.1, 0.15) is 11.1 Å². The summed E-state index contributed by atoms with van der Waals surface area (Å²) in [7, 11) is 0. The van der Waals surface area contributed by atoms with E-state index in [9.17, 15) is 22.8 Å². The quantitative estimate of drug-likeness (QED) is 0.839. The summed E-state index contributed by atoms with van der Waals surface area (Å²) < 4.78 is 43.5. The van der Waals surface area contributed by atoms with E-state index in [0.717, 1.165) is 12.1 Å². The summed E-state index contributed by atoms with van der Waals surface area (Å²) in [6.07, 6.45) is -4.49. The summed E-state index contributed by atoms with van der Waals surface area (Å²) >= 11 is 0. The number of benzene rings is 2. The van der Waals surface area contributed by atoms with Crippen molar-refractivity contribution < 1.29 is 27.5 Å². The normalized spacial score (nSPS) is 11.0. The van der Waals surface area contributed by atoms with E-state index >= 15 is 0 Å². The van der Waals surface area contributed by atoms with Crippen molar-refractivity contribution in [2.75, 3.05) is 11.9 Å². The van der Waals surface area contributed by atoms with Gasteiger partial charge < -0.3 is 15.8 Å². The molecule has 0 heterocycles. The van der Waals surface area contributed by atoms with Gasteiger partial charge in [0.1, 0.15) is 5.75 Å². The van der Waals surface area contributed by atoms with Crippen LogP contribution in [0.3, 0.4) is 0 Å². The molecule has 8 heteroatoms. The van der Waals surface area contributed by atoms with Crippen LogP contribution < -0.4 is 15.8 Å². The molecule has 0 atom stereocenters. The molecule has 3 N–H and O–H groups in total. The van der Waals surface area contributed by atoms with Crippen LogP contribution in [0.15, 0.2) is 48.5 Å². The van der Waals surface area contributed by atoms with E-state index in [1.807, 2.05) is 0 Å². The zero-order chi connectivity index (χ0) is 18.4. The van der Waals surface area contributed by atoms with Crippen LogP contribution in [-0.4, -0.2) is 18.4 Å². The number of alkyl halides is 3. The summed E-state index contributed by atoms with van der Waals surface area (Å²) in [5.74, 6) is -1.50. The second-order valence-corrected chi connectivity index (χ2v) is 5.17. The number of anilines is 1. The van der Waals surface area contributed by atoms with Gasteiger partial charge in [-0.3, -0.25) is 9.59 Å². The number of hydrogen-bond donors (Lipinski definition) is 2. The zero-order valence-corrected chi connectivity index (χ0v) is 13.0. The minimum Gasteiger partial charge on any atom is -0.483 e. The smallest absolute Gasteiger partial charge is 0.419 e. The standard InChI is InChI=1S/C17H15F3N2O3/c18-17(19,20)13-3-1-2-4-14(13)25-10-16(24)22-12-7-5-11(6-8-12)9-15(21)23/h1-8H,9-10H2,(H2,21,23)(H,22,24). The molecule has 0 unspecified atom stereocenters. The molecule has 0 saturated carbocycles. The van der Waals surface area contributed by atoms with Crippen molar-refractivity contribution in [3.8, 4) is 5.75 Å². The Morgan fingerprint density at radius 2 is 1.68 bits per heavy atom. The fraction of sp³-hybridized carbons (Fsp3) is 0.176. The lowest BCUT2D eigenvalue weighted by molar-refractivity contribution is -0.139. The SMILES string of the molecule is NC(=O)Cc1ccc(NC(=O)COc2ccccc2C(F)(F)F)cc1. The number of rotatable bonds is 6. The first-order valence-corrected chi connectivity index (χ1v) is 7.22. The Morgan fingerprint density at radius 3 is 2.28 bits per heavy atom. The molecule has 5 nitrogen and oxygen atoms in total. The third-order valence-electron chi connectivity index (χ3n) is 3.17. The maximum absolute atomic E-state index is 12.8. The van der Waals surface area contributed by atoms with Gasteiger partial charge in [-0.05, 0) is 29.8 Å². The Bertz CT molecular complexity index is 758. The number of ether oxygens (including phenoxy) is 1. The Morgan fingerprint density at radius 1 is 1.04 bits per heavy atom. The van der Waals surface area contributed by atoms with Gasteiger partial charge in [0.2, 0.25) is 5.91 Å². The lowest BCUT2D eigenvalue weighted by Gasteiger charge is -2.13. The van der Waals surface area contributed by atoms with Gasteiger partial charge in [-0.15, -0.1) is 0 Å². The number of carbonyl (C=O) groups is 2. The van der Waals surface area contributed by atoms with E-state index in [1.165, 1.54) is 12.1 Å². The molecule has 0 bridgehead atoms. The van der Waals surface area contributed by atoms with Crippen LogP contribution in [0.4, 0.5) is 18.9 Å². The van der Waals surface area contributed by atoms with E-state index in [2.05, 4.69) is 5.32 Å². The van der Waals surface area contributed by atoms with E-state index in [4.69, 9.17) is 10.5 Å². The Labute approximate surface area is 141 Å². The highest BCUT2D eigenvalue weighted by Gasteiger charge is 2.34. The molecule has 0 aromatic heterocycles. The van der Waals surface area contributed by atoms with E-state index in [1.54, 1.807) is 24.3 Å². The average Bonchev–Trinajstić information content (AvgIpc) is 2.54. The van der Waals surface area contributed by atoms with Crippen LogP contribution in [0.2, 0.25) is 0 Å². The molecule has 0 aliphatic heterocycles. The highest BCUT2D eigenvalue weighted by molar-refractivity contribution is 5.92. The maximum Gasteiger partial charge on any atom is 0.419 e. The van der Waals surface area contributed by atoms with E-state index in [0.29, 0.717) is 11.3 Å². The second kappa shape index (κ2) is 7.69. The molecule has 2 aromatic carbocycles. The lowest BCUT2D eigenvalue weighted by atomic mass is 10.1. The molecular formula is C17H15F3N2O3. The first-order valence-electron chi connectivity index (χ1n) is 7.22. The van der Waals surface area contributed by atoms with Crippen molar-refractivity contribution in [3.05, 3.63) is 59.7 Å². The fourth-order valence-corrected chi connectivity index (χ4v) is 2.07. The molecule has 0 saturated heterocycles. The predicted octanol–water partition coefficient (Wildman–Crippen LogP) is 2.75.